The van der Waals surface area contributed by atoms with Crippen molar-refractivity contribution >= 4 is 0 Å². The summed E-state index contributed by atoms with van der Waals surface area (Å²) in [6.45, 7) is 5.37. The summed E-state index contributed by atoms with van der Waals surface area (Å²) in [4.78, 5) is 4.12. The summed E-state index contributed by atoms with van der Waals surface area (Å²) in [6.07, 6.45) is 4.65. The third-order valence-electron chi connectivity index (χ3n) is 3.39. The van der Waals surface area contributed by atoms with E-state index in [1.165, 1.54) is 11.1 Å². The lowest BCUT2D eigenvalue weighted by Crippen LogP contribution is -2.20. The molecule has 0 aliphatic carbocycles. The van der Waals surface area contributed by atoms with Gasteiger partial charge in [-0.05, 0) is 37.4 Å². The van der Waals surface area contributed by atoms with Crippen molar-refractivity contribution in [1.82, 2.24) is 20.5 Å². The van der Waals surface area contributed by atoms with E-state index in [4.69, 9.17) is 0 Å². The summed E-state index contributed by atoms with van der Waals surface area (Å²) in [7, 11) is 0. The summed E-state index contributed by atoms with van der Waals surface area (Å²) in [5.74, 6) is 0.960. The molecule has 1 unspecified atom stereocenters. The molecule has 102 valence electrons. The van der Waals surface area contributed by atoms with Crippen molar-refractivity contribution in [2.75, 3.05) is 6.54 Å². The lowest BCUT2D eigenvalue weighted by Gasteiger charge is -2.14. The molecule has 0 bridgehead atoms. The van der Waals surface area contributed by atoms with Gasteiger partial charge >= 0.3 is 0 Å². The molecule has 0 aliphatic heterocycles. The maximum atomic E-state index is 4.12. The van der Waals surface area contributed by atoms with Crippen LogP contribution in [-0.2, 0) is 12.8 Å². The third-order valence-corrected chi connectivity index (χ3v) is 3.39. The quantitative estimate of drug-likeness (QED) is 0.751. The number of hydrogen-bond acceptors (Lipinski definition) is 3. The molecule has 2 rings (SSSR count). The van der Waals surface area contributed by atoms with Crippen LogP contribution in [-0.4, -0.2) is 21.7 Å². The highest BCUT2D eigenvalue weighted by Gasteiger charge is 2.04. The van der Waals surface area contributed by atoms with E-state index in [0.717, 1.165) is 31.6 Å². The molecular weight excluding hydrogens is 236 g/mol. The molecule has 2 N–H and O–H groups in total. The van der Waals surface area contributed by atoms with Crippen LogP contribution in [0.1, 0.15) is 43.3 Å². The van der Waals surface area contributed by atoms with Crippen LogP contribution < -0.4 is 5.32 Å². The Kier molecular flexibility index (Phi) is 5.10. The molecule has 1 atom stereocenters. The van der Waals surface area contributed by atoms with E-state index in [9.17, 15) is 0 Å². The Labute approximate surface area is 114 Å². The number of aromatic amines is 1. The van der Waals surface area contributed by atoms with E-state index in [0.29, 0.717) is 6.04 Å². The molecule has 0 spiro atoms. The summed E-state index contributed by atoms with van der Waals surface area (Å²) < 4.78 is 0. The first kappa shape index (κ1) is 13.7. The number of aromatic nitrogens is 3. The van der Waals surface area contributed by atoms with Crippen LogP contribution in [0.15, 0.2) is 30.6 Å². The second-order valence-corrected chi connectivity index (χ2v) is 4.81. The highest BCUT2D eigenvalue weighted by atomic mass is 15.2. The van der Waals surface area contributed by atoms with Crippen LogP contribution in [0.5, 0.6) is 0 Å². The first-order valence-corrected chi connectivity index (χ1v) is 6.96. The molecule has 0 radical (unpaired) electrons. The Morgan fingerprint density at radius 3 is 2.68 bits per heavy atom. The Morgan fingerprint density at radius 2 is 2.05 bits per heavy atom. The minimum Gasteiger partial charge on any atom is -0.310 e. The van der Waals surface area contributed by atoms with Crippen molar-refractivity contribution < 1.29 is 0 Å². The fourth-order valence-electron chi connectivity index (χ4n) is 2.09. The van der Waals surface area contributed by atoms with Crippen molar-refractivity contribution in [2.45, 2.75) is 39.2 Å². The van der Waals surface area contributed by atoms with Crippen molar-refractivity contribution in [2.24, 2.45) is 0 Å². The second kappa shape index (κ2) is 7.04. The summed E-state index contributed by atoms with van der Waals surface area (Å²) in [5.41, 5.74) is 2.73. The lowest BCUT2D eigenvalue weighted by atomic mass is 10.0. The standard InChI is InChI=1S/C15H22N4/c1-3-13-6-8-14(9-7-13)12(2)16-10-4-5-15-17-11-18-19-15/h6-9,11-12,16H,3-5,10H2,1-2H3,(H,17,18,19). The Bertz CT molecular complexity index is 461. The van der Waals surface area contributed by atoms with Gasteiger partial charge < -0.3 is 5.32 Å². The Hall–Kier alpha value is -1.68. The fraction of sp³-hybridized carbons (Fsp3) is 0.467. The van der Waals surface area contributed by atoms with Crippen LogP contribution in [0.25, 0.3) is 0 Å². The van der Waals surface area contributed by atoms with Crippen molar-refractivity contribution in [3.63, 3.8) is 0 Å². The van der Waals surface area contributed by atoms with Crippen molar-refractivity contribution in [3.05, 3.63) is 47.5 Å². The van der Waals surface area contributed by atoms with Crippen LogP contribution in [0.3, 0.4) is 0 Å². The summed E-state index contributed by atoms with van der Waals surface area (Å²) in [5, 5.41) is 10.3. The van der Waals surface area contributed by atoms with Gasteiger partial charge in [0, 0.05) is 12.5 Å². The Morgan fingerprint density at radius 1 is 1.26 bits per heavy atom. The Balaban J connectivity index is 1.72. The normalized spacial score (nSPS) is 12.5. The average molecular weight is 258 g/mol. The highest BCUT2D eigenvalue weighted by molar-refractivity contribution is 5.24. The molecule has 1 heterocycles. The lowest BCUT2D eigenvalue weighted by molar-refractivity contribution is 0.554. The van der Waals surface area contributed by atoms with Crippen LogP contribution in [0, 0.1) is 0 Å². The number of aryl methyl sites for hydroxylation is 2. The molecule has 0 saturated carbocycles. The van der Waals surface area contributed by atoms with Gasteiger partial charge in [-0.15, -0.1) is 0 Å². The number of H-pyrrole nitrogens is 1. The maximum Gasteiger partial charge on any atom is 0.137 e. The van der Waals surface area contributed by atoms with Gasteiger partial charge in [0.05, 0.1) is 0 Å². The van der Waals surface area contributed by atoms with Gasteiger partial charge in [-0.25, -0.2) is 4.98 Å². The minimum atomic E-state index is 0.389. The number of nitrogens with zero attached hydrogens (tertiary/aromatic N) is 2. The molecular formula is C15H22N4. The first-order valence-electron chi connectivity index (χ1n) is 6.96. The van der Waals surface area contributed by atoms with Gasteiger partial charge in [0.15, 0.2) is 0 Å². The molecule has 1 aromatic carbocycles. The predicted octanol–water partition coefficient (Wildman–Crippen LogP) is 2.65. The molecule has 19 heavy (non-hydrogen) atoms. The first-order chi connectivity index (χ1) is 9.29. The molecule has 2 aromatic rings. The second-order valence-electron chi connectivity index (χ2n) is 4.81. The number of rotatable bonds is 7. The van der Waals surface area contributed by atoms with Gasteiger partial charge in [0.2, 0.25) is 0 Å². The molecule has 4 heteroatoms. The van der Waals surface area contributed by atoms with Crippen LogP contribution in [0.2, 0.25) is 0 Å². The highest BCUT2D eigenvalue weighted by Crippen LogP contribution is 2.13. The zero-order chi connectivity index (χ0) is 13.5. The van der Waals surface area contributed by atoms with Crippen LogP contribution in [0.4, 0.5) is 0 Å². The van der Waals surface area contributed by atoms with E-state index >= 15 is 0 Å². The number of benzene rings is 1. The fourth-order valence-corrected chi connectivity index (χ4v) is 2.09. The van der Waals surface area contributed by atoms with Crippen molar-refractivity contribution in [3.8, 4) is 0 Å². The molecule has 0 fully saturated rings. The number of nitrogens with one attached hydrogen (secondary N) is 2. The van der Waals surface area contributed by atoms with Gasteiger partial charge in [0.25, 0.3) is 0 Å². The van der Waals surface area contributed by atoms with Gasteiger partial charge in [-0.2, -0.15) is 5.10 Å². The monoisotopic (exact) mass is 258 g/mol. The molecule has 0 aliphatic rings. The van der Waals surface area contributed by atoms with Gasteiger partial charge in [-0.3, -0.25) is 5.10 Å². The molecule has 1 aromatic heterocycles. The van der Waals surface area contributed by atoms with Gasteiger partial charge in [0.1, 0.15) is 12.2 Å². The minimum absolute atomic E-state index is 0.389. The summed E-state index contributed by atoms with van der Waals surface area (Å²) in [6, 6.07) is 9.24. The SMILES string of the molecule is CCc1ccc(C(C)NCCCc2ncn[nH]2)cc1. The average Bonchev–Trinajstić information content (AvgIpc) is 2.96. The molecule has 4 nitrogen and oxygen atoms in total. The third kappa shape index (κ3) is 4.17. The summed E-state index contributed by atoms with van der Waals surface area (Å²) >= 11 is 0. The topological polar surface area (TPSA) is 53.6 Å². The smallest absolute Gasteiger partial charge is 0.137 e. The van der Waals surface area contributed by atoms with Crippen LogP contribution >= 0.6 is 0 Å². The van der Waals surface area contributed by atoms with Gasteiger partial charge in [-0.1, -0.05) is 31.2 Å². The van der Waals surface area contributed by atoms with E-state index in [2.05, 4.69) is 58.6 Å². The van der Waals surface area contributed by atoms with E-state index in [1.807, 2.05) is 0 Å². The van der Waals surface area contributed by atoms with E-state index < -0.39 is 0 Å². The zero-order valence-corrected chi connectivity index (χ0v) is 11.7. The van der Waals surface area contributed by atoms with Crippen molar-refractivity contribution in [1.29, 1.82) is 0 Å². The number of hydrogen-bond donors (Lipinski definition) is 2. The predicted molar refractivity (Wildman–Crippen MR) is 76.9 cm³/mol. The molecule has 0 amide bonds. The maximum absolute atomic E-state index is 4.12. The van der Waals surface area contributed by atoms with E-state index in [1.54, 1.807) is 6.33 Å². The zero-order valence-electron chi connectivity index (χ0n) is 11.7. The van der Waals surface area contributed by atoms with E-state index in [-0.39, 0.29) is 0 Å². The molecule has 0 saturated heterocycles. The largest absolute Gasteiger partial charge is 0.310 e.